The highest BCUT2D eigenvalue weighted by Gasteiger charge is 2.40. The molecule has 166 valence electrons. The second-order valence-electron chi connectivity index (χ2n) is 7.92. The number of aryl methyl sites for hydroxylation is 2. The molecule has 2 N–H and O–H groups in total. The van der Waals surface area contributed by atoms with Crippen molar-refractivity contribution in [1.82, 2.24) is 0 Å². The van der Waals surface area contributed by atoms with E-state index in [9.17, 15) is 14.4 Å². The van der Waals surface area contributed by atoms with Crippen LogP contribution in [0, 0.1) is 6.92 Å². The van der Waals surface area contributed by atoms with Crippen LogP contribution in [0.4, 0.5) is 17.1 Å². The first kappa shape index (κ1) is 22.0. The van der Waals surface area contributed by atoms with Gasteiger partial charge in [-0.2, -0.15) is 0 Å². The molecule has 0 saturated heterocycles. The second kappa shape index (κ2) is 9.12. The third kappa shape index (κ3) is 4.41. The van der Waals surface area contributed by atoms with Gasteiger partial charge >= 0.3 is 0 Å². The first-order valence-corrected chi connectivity index (χ1v) is 10.8. The van der Waals surface area contributed by atoms with Crippen LogP contribution in [0.2, 0.25) is 0 Å². The maximum atomic E-state index is 13.6. The van der Waals surface area contributed by atoms with Gasteiger partial charge in [0.2, 0.25) is 5.91 Å². The van der Waals surface area contributed by atoms with Crippen molar-refractivity contribution in [3.05, 3.63) is 95.2 Å². The first-order valence-electron chi connectivity index (χ1n) is 10.8. The third-order valence-corrected chi connectivity index (χ3v) is 5.57. The van der Waals surface area contributed by atoms with E-state index in [4.69, 9.17) is 0 Å². The van der Waals surface area contributed by atoms with Crippen molar-refractivity contribution < 1.29 is 14.4 Å². The lowest BCUT2D eigenvalue weighted by Crippen LogP contribution is -2.33. The summed E-state index contributed by atoms with van der Waals surface area (Å²) in [6.07, 6.45) is 0.910. The number of nitrogens with one attached hydrogen (secondary N) is 2. The summed E-state index contributed by atoms with van der Waals surface area (Å²) < 4.78 is 0. The van der Waals surface area contributed by atoms with Crippen LogP contribution in [0.1, 0.15) is 30.5 Å². The van der Waals surface area contributed by atoms with E-state index >= 15 is 0 Å². The lowest BCUT2D eigenvalue weighted by Gasteiger charge is -2.17. The molecule has 33 heavy (non-hydrogen) atoms. The predicted octanol–water partition coefficient (Wildman–Crippen LogP) is 4.91. The zero-order valence-electron chi connectivity index (χ0n) is 18.8. The molecule has 6 nitrogen and oxygen atoms in total. The minimum atomic E-state index is -0.408. The highest BCUT2D eigenvalue weighted by Crippen LogP contribution is 2.35. The number of nitrogens with zero attached hydrogens (tertiary/aromatic N) is 1. The molecule has 3 amide bonds. The molecule has 1 aliphatic heterocycles. The molecule has 3 aromatic rings. The van der Waals surface area contributed by atoms with E-state index in [1.165, 1.54) is 17.4 Å². The molecule has 3 aromatic carbocycles. The van der Waals surface area contributed by atoms with Crippen LogP contribution in [0.15, 0.2) is 78.5 Å². The van der Waals surface area contributed by atoms with Gasteiger partial charge < -0.3 is 10.6 Å². The molecule has 0 aromatic heterocycles. The molecule has 0 atom stereocenters. The van der Waals surface area contributed by atoms with E-state index in [-0.39, 0.29) is 17.2 Å². The highest BCUT2D eigenvalue weighted by atomic mass is 16.2. The van der Waals surface area contributed by atoms with Gasteiger partial charge in [0.25, 0.3) is 11.8 Å². The molecule has 0 fully saturated rings. The molecule has 4 rings (SSSR count). The van der Waals surface area contributed by atoms with Crippen molar-refractivity contribution in [2.24, 2.45) is 0 Å². The molecular formula is C27H25N3O3. The number of carbonyl (C=O) groups is 3. The summed E-state index contributed by atoms with van der Waals surface area (Å²) in [5.41, 5.74) is 5.00. The molecule has 0 unspecified atom stereocenters. The summed E-state index contributed by atoms with van der Waals surface area (Å²) in [5, 5.41) is 5.90. The lowest BCUT2D eigenvalue weighted by molar-refractivity contribution is -0.120. The smallest absolute Gasteiger partial charge is 0.282 e. The van der Waals surface area contributed by atoms with Crippen molar-refractivity contribution in [2.75, 3.05) is 15.5 Å². The van der Waals surface area contributed by atoms with Crippen molar-refractivity contribution in [1.29, 1.82) is 0 Å². The fourth-order valence-corrected chi connectivity index (χ4v) is 3.84. The maximum absolute atomic E-state index is 13.6. The number of benzene rings is 3. The van der Waals surface area contributed by atoms with Crippen LogP contribution >= 0.6 is 0 Å². The van der Waals surface area contributed by atoms with Gasteiger partial charge in [-0.1, -0.05) is 49.4 Å². The molecule has 0 saturated carbocycles. The van der Waals surface area contributed by atoms with Gasteiger partial charge in [-0.05, 0) is 60.4 Å². The number of hydrogen-bond acceptors (Lipinski definition) is 4. The topological polar surface area (TPSA) is 78.5 Å². The summed E-state index contributed by atoms with van der Waals surface area (Å²) in [4.78, 5) is 39.7. The van der Waals surface area contributed by atoms with E-state index in [0.717, 1.165) is 17.7 Å². The number of carbonyl (C=O) groups excluding carboxylic acids is 3. The summed E-state index contributed by atoms with van der Waals surface area (Å²) in [6.45, 7) is 5.38. The normalized spacial score (nSPS) is 13.5. The molecule has 1 aliphatic rings. The summed E-state index contributed by atoms with van der Waals surface area (Å²) in [6, 6.07) is 22.0. The summed E-state index contributed by atoms with van der Waals surface area (Å²) >= 11 is 0. The Bertz CT molecular complexity index is 1260. The predicted molar refractivity (Wildman–Crippen MR) is 131 cm³/mol. The standard InChI is InChI=1S/C27H25N3O3/c1-4-19-9-13-22(14-10-19)29-25-24(20-11-15-21(16-12-20)28-18(3)31)26(32)30(27(25)33)23-8-6-5-7-17(23)2/h5-16,29H,4H2,1-3H3,(H,28,31). The molecule has 0 spiro atoms. The summed E-state index contributed by atoms with van der Waals surface area (Å²) in [7, 11) is 0. The Hall–Kier alpha value is -4.19. The number of hydrogen-bond donors (Lipinski definition) is 2. The number of anilines is 3. The number of amides is 3. The van der Waals surface area contributed by atoms with Crippen molar-refractivity contribution in [2.45, 2.75) is 27.2 Å². The Morgan fingerprint density at radius 2 is 1.48 bits per heavy atom. The van der Waals surface area contributed by atoms with Gasteiger partial charge in [0, 0.05) is 18.3 Å². The SMILES string of the molecule is CCc1ccc(NC2=C(c3ccc(NC(C)=O)cc3)C(=O)N(c3ccccc3C)C2=O)cc1. The van der Waals surface area contributed by atoms with E-state index in [1.54, 1.807) is 36.4 Å². The fraction of sp³-hybridized carbons (Fsp3) is 0.148. The quantitative estimate of drug-likeness (QED) is 0.535. The van der Waals surface area contributed by atoms with E-state index in [1.807, 2.05) is 43.3 Å². The summed E-state index contributed by atoms with van der Waals surface area (Å²) in [5.74, 6) is -0.984. The first-order chi connectivity index (χ1) is 15.9. The van der Waals surface area contributed by atoms with Gasteiger partial charge in [0.1, 0.15) is 5.70 Å². The minimum absolute atomic E-state index is 0.183. The number of para-hydroxylation sites is 1. The van der Waals surface area contributed by atoms with Gasteiger partial charge in [-0.25, -0.2) is 4.90 Å². The zero-order chi connectivity index (χ0) is 23.5. The molecule has 0 radical (unpaired) electrons. The molecule has 0 bridgehead atoms. The van der Waals surface area contributed by atoms with Crippen LogP contribution in [0.25, 0.3) is 5.57 Å². The Kier molecular flexibility index (Phi) is 6.09. The van der Waals surface area contributed by atoms with Gasteiger partial charge in [0.05, 0.1) is 11.3 Å². The Morgan fingerprint density at radius 3 is 2.09 bits per heavy atom. The molecule has 0 aliphatic carbocycles. The van der Waals surface area contributed by atoms with Crippen molar-refractivity contribution in [3.63, 3.8) is 0 Å². The van der Waals surface area contributed by atoms with Crippen LogP contribution < -0.4 is 15.5 Å². The Morgan fingerprint density at radius 1 is 0.848 bits per heavy atom. The monoisotopic (exact) mass is 439 g/mol. The molecule has 6 heteroatoms. The Labute approximate surface area is 192 Å². The minimum Gasteiger partial charge on any atom is -0.350 e. The Balaban J connectivity index is 1.78. The molecular weight excluding hydrogens is 414 g/mol. The van der Waals surface area contributed by atoms with Crippen LogP contribution in [-0.4, -0.2) is 17.7 Å². The van der Waals surface area contributed by atoms with E-state index in [2.05, 4.69) is 17.6 Å². The maximum Gasteiger partial charge on any atom is 0.282 e. The van der Waals surface area contributed by atoms with Crippen molar-refractivity contribution >= 4 is 40.4 Å². The third-order valence-electron chi connectivity index (χ3n) is 5.57. The number of imide groups is 1. The average molecular weight is 440 g/mol. The zero-order valence-corrected chi connectivity index (χ0v) is 18.8. The average Bonchev–Trinajstić information content (AvgIpc) is 3.04. The van der Waals surface area contributed by atoms with Crippen LogP contribution in [0.3, 0.4) is 0 Å². The number of rotatable bonds is 6. The van der Waals surface area contributed by atoms with Gasteiger partial charge in [-0.3, -0.25) is 14.4 Å². The largest absolute Gasteiger partial charge is 0.350 e. The second-order valence-corrected chi connectivity index (χ2v) is 7.92. The van der Waals surface area contributed by atoms with Crippen molar-refractivity contribution in [3.8, 4) is 0 Å². The van der Waals surface area contributed by atoms with E-state index in [0.29, 0.717) is 16.9 Å². The van der Waals surface area contributed by atoms with Crippen LogP contribution in [-0.2, 0) is 20.8 Å². The van der Waals surface area contributed by atoms with Gasteiger partial charge in [-0.15, -0.1) is 0 Å². The molecule has 1 heterocycles. The highest BCUT2D eigenvalue weighted by molar-refractivity contribution is 6.46. The van der Waals surface area contributed by atoms with Crippen LogP contribution in [0.5, 0.6) is 0 Å². The lowest BCUT2D eigenvalue weighted by atomic mass is 10.0. The fourth-order valence-electron chi connectivity index (χ4n) is 3.84. The van der Waals surface area contributed by atoms with Gasteiger partial charge in [0.15, 0.2) is 0 Å². The van der Waals surface area contributed by atoms with E-state index < -0.39 is 11.8 Å².